The molecule has 0 atom stereocenters. The molecule has 0 heterocycles. The van der Waals surface area contributed by atoms with Crippen LogP contribution in [0.2, 0.25) is 0 Å². The first kappa shape index (κ1) is 13.0. The number of phenolic OH excluding ortho intramolecular Hbond substituents is 1. The van der Waals surface area contributed by atoms with Gasteiger partial charge in [-0.25, -0.2) is 0 Å². The van der Waals surface area contributed by atoms with Gasteiger partial charge in [0, 0.05) is 25.7 Å². The van der Waals surface area contributed by atoms with Gasteiger partial charge in [0.15, 0.2) is 0 Å². The molecular formula is C12H16N2O3. The summed E-state index contributed by atoms with van der Waals surface area (Å²) < 4.78 is 0. The van der Waals surface area contributed by atoms with Gasteiger partial charge in [-0.05, 0) is 30.7 Å². The topological polar surface area (TPSA) is 69.6 Å². The molecule has 1 aromatic carbocycles. The fraction of sp³-hybridized carbons (Fsp3) is 0.333. The second kappa shape index (κ2) is 5.89. The van der Waals surface area contributed by atoms with Gasteiger partial charge in [-0.2, -0.15) is 0 Å². The van der Waals surface area contributed by atoms with Crippen molar-refractivity contribution < 1.29 is 14.7 Å². The zero-order valence-electron chi connectivity index (χ0n) is 9.93. The number of anilines is 1. The van der Waals surface area contributed by atoms with Crippen molar-refractivity contribution in [3.63, 3.8) is 0 Å². The average Bonchev–Trinajstić information content (AvgIpc) is 2.26. The fourth-order valence-electron chi connectivity index (χ4n) is 1.60. The van der Waals surface area contributed by atoms with Gasteiger partial charge in [-0.3, -0.25) is 14.9 Å². The van der Waals surface area contributed by atoms with Crippen LogP contribution in [0.5, 0.6) is 5.75 Å². The summed E-state index contributed by atoms with van der Waals surface area (Å²) in [5.41, 5.74) is 1.88. The van der Waals surface area contributed by atoms with Crippen molar-refractivity contribution >= 4 is 18.0 Å². The SMILES string of the molecule is Cc1cc(O)ccc1N(C)CCC(=O)NC=O. The van der Waals surface area contributed by atoms with E-state index in [2.05, 4.69) is 5.32 Å². The first-order chi connectivity index (χ1) is 8.04. The summed E-state index contributed by atoms with van der Waals surface area (Å²) in [5.74, 6) is -0.0818. The van der Waals surface area contributed by atoms with E-state index >= 15 is 0 Å². The lowest BCUT2D eigenvalue weighted by atomic mass is 10.1. The molecule has 1 aromatic rings. The zero-order chi connectivity index (χ0) is 12.8. The highest BCUT2D eigenvalue weighted by Gasteiger charge is 2.07. The number of phenols is 1. The van der Waals surface area contributed by atoms with Gasteiger partial charge in [-0.1, -0.05) is 0 Å². The van der Waals surface area contributed by atoms with E-state index in [0.29, 0.717) is 13.0 Å². The zero-order valence-corrected chi connectivity index (χ0v) is 9.93. The number of imide groups is 1. The molecule has 0 saturated carbocycles. The molecule has 2 amide bonds. The number of carbonyl (C=O) groups excluding carboxylic acids is 2. The molecule has 0 spiro atoms. The summed E-state index contributed by atoms with van der Waals surface area (Å²) >= 11 is 0. The third kappa shape index (κ3) is 3.79. The van der Waals surface area contributed by atoms with Gasteiger partial charge in [0.25, 0.3) is 0 Å². The Morgan fingerprint density at radius 1 is 1.53 bits per heavy atom. The Bertz CT molecular complexity index is 418. The summed E-state index contributed by atoms with van der Waals surface area (Å²) in [5, 5.41) is 11.4. The summed E-state index contributed by atoms with van der Waals surface area (Å²) in [4.78, 5) is 23.1. The number of benzene rings is 1. The van der Waals surface area contributed by atoms with Gasteiger partial charge < -0.3 is 10.0 Å². The van der Waals surface area contributed by atoms with Gasteiger partial charge >= 0.3 is 0 Å². The third-order valence-electron chi connectivity index (χ3n) is 2.49. The van der Waals surface area contributed by atoms with Crippen LogP contribution >= 0.6 is 0 Å². The Hall–Kier alpha value is -2.04. The maximum atomic E-state index is 11.1. The van der Waals surface area contributed by atoms with Crippen LogP contribution in [-0.4, -0.2) is 31.0 Å². The van der Waals surface area contributed by atoms with Crippen molar-refractivity contribution in [3.8, 4) is 5.75 Å². The Kier molecular flexibility index (Phi) is 4.51. The van der Waals surface area contributed by atoms with Crippen LogP contribution in [-0.2, 0) is 9.59 Å². The van der Waals surface area contributed by atoms with E-state index in [9.17, 15) is 14.7 Å². The van der Waals surface area contributed by atoms with Crippen molar-refractivity contribution in [2.45, 2.75) is 13.3 Å². The van der Waals surface area contributed by atoms with Gasteiger partial charge in [0.1, 0.15) is 5.75 Å². The minimum atomic E-state index is -0.303. The number of rotatable bonds is 5. The van der Waals surface area contributed by atoms with E-state index in [0.717, 1.165) is 11.3 Å². The van der Waals surface area contributed by atoms with E-state index in [1.54, 1.807) is 18.2 Å². The maximum absolute atomic E-state index is 11.1. The predicted molar refractivity (Wildman–Crippen MR) is 64.9 cm³/mol. The molecule has 0 radical (unpaired) electrons. The van der Waals surface area contributed by atoms with Crippen LogP contribution in [0, 0.1) is 6.92 Å². The highest BCUT2D eigenvalue weighted by molar-refractivity contribution is 5.86. The van der Waals surface area contributed by atoms with E-state index in [1.807, 2.05) is 18.9 Å². The van der Waals surface area contributed by atoms with E-state index in [1.165, 1.54) is 0 Å². The van der Waals surface area contributed by atoms with Crippen LogP contribution in [0.1, 0.15) is 12.0 Å². The number of aryl methyl sites for hydroxylation is 1. The molecule has 0 aliphatic rings. The van der Waals surface area contributed by atoms with Crippen molar-refractivity contribution in [1.82, 2.24) is 5.32 Å². The van der Waals surface area contributed by atoms with Gasteiger partial charge in [0.05, 0.1) is 0 Å². The third-order valence-corrected chi connectivity index (χ3v) is 2.49. The first-order valence-corrected chi connectivity index (χ1v) is 5.28. The number of amides is 2. The van der Waals surface area contributed by atoms with Crippen molar-refractivity contribution in [2.75, 3.05) is 18.5 Å². The lowest BCUT2D eigenvalue weighted by Crippen LogP contribution is -2.28. The van der Waals surface area contributed by atoms with Crippen LogP contribution in [0.4, 0.5) is 5.69 Å². The minimum absolute atomic E-state index is 0.221. The quantitative estimate of drug-likeness (QED) is 0.742. The standard InChI is InChI=1S/C12H16N2O3/c1-9-7-10(16)3-4-11(9)14(2)6-5-12(17)13-8-15/h3-4,7-8,16H,5-6H2,1-2H3,(H,13,15,17). The highest BCUT2D eigenvalue weighted by Crippen LogP contribution is 2.23. The molecule has 0 saturated heterocycles. The molecule has 5 heteroatoms. The second-order valence-corrected chi connectivity index (χ2v) is 3.83. The normalized spacial score (nSPS) is 9.76. The number of hydrogen-bond acceptors (Lipinski definition) is 4. The van der Waals surface area contributed by atoms with Crippen LogP contribution in [0.25, 0.3) is 0 Å². The second-order valence-electron chi connectivity index (χ2n) is 3.83. The lowest BCUT2D eigenvalue weighted by molar-refractivity contribution is -0.125. The molecule has 0 aliphatic carbocycles. The molecule has 0 aliphatic heterocycles. The van der Waals surface area contributed by atoms with E-state index in [4.69, 9.17) is 0 Å². The molecule has 5 nitrogen and oxygen atoms in total. The minimum Gasteiger partial charge on any atom is -0.508 e. The van der Waals surface area contributed by atoms with Crippen LogP contribution < -0.4 is 10.2 Å². The summed E-state index contributed by atoms with van der Waals surface area (Å²) in [6, 6.07) is 5.06. The van der Waals surface area contributed by atoms with Crippen LogP contribution in [0.3, 0.4) is 0 Å². The maximum Gasteiger partial charge on any atom is 0.228 e. The largest absolute Gasteiger partial charge is 0.508 e. The Morgan fingerprint density at radius 3 is 2.82 bits per heavy atom. The molecule has 17 heavy (non-hydrogen) atoms. The van der Waals surface area contributed by atoms with Crippen molar-refractivity contribution in [3.05, 3.63) is 23.8 Å². The molecular weight excluding hydrogens is 220 g/mol. The molecule has 0 fully saturated rings. The fourth-order valence-corrected chi connectivity index (χ4v) is 1.60. The predicted octanol–water partition coefficient (Wildman–Crippen LogP) is 0.800. The average molecular weight is 236 g/mol. The molecule has 1 rings (SSSR count). The first-order valence-electron chi connectivity index (χ1n) is 5.28. The van der Waals surface area contributed by atoms with Gasteiger partial charge in [-0.15, -0.1) is 0 Å². The summed E-state index contributed by atoms with van der Waals surface area (Å²) in [6.45, 7) is 2.39. The highest BCUT2D eigenvalue weighted by atomic mass is 16.3. The Morgan fingerprint density at radius 2 is 2.24 bits per heavy atom. The lowest BCUT2D eigenvalue weighted by Gasteiger charge is -2.21. The number of hydrogen-bond donors (Lipinski definition) is 2. The van der Waals surface area contributed by atoms with Crippen LogP contribution in [0.15, 0.2) is 18.2 Å². The monoisotopic (exact) mass is 236 g/mol. The molecule has 92 valence electrons. The van der Waals surface area contributed by atoms with E-state index < -0.39 is 0 Å². The van der Waals surface area contributed by atoms with Gasteiger partial charge in [0.2, 0.25) is 12.3 Å². The molecule has 0 bridgehead atoms. The van der Waals surface area contributed by atoms with E-state index in [-0.39, 0.29) is 18.1 Å². The number of aromatic hydroxyl groups is 1. The number of carbonyl (C=O) groups is 2. The van der Waals surface area contributed by atoms with Crippen molar-refractivity contribution in [2.24, 2.45) is 0 Å². The number of nitrogens with zero attached hydrogens (tertiary/aromatic N) is 1. The molecule has 0 unspecified atom stereocenters. The van der Waals surface area contributed by atoms with Crippen molar-refractivity contribution in [1.29, 1.82) is 0 Å². The summed E-state index contributed by atoms with van der Waals surface area (Å²) in [6.07, 6.45) is 0.629. The molecule has 2 N–H and O–H groups in total. The Labute approximate surface area is 100 Å². The summed E-state index contributed by atoms with van der Waals surface area (Å²) in [7, 11) is 1.85. The number of nitrogens with one attached hydrogen (secondary N) is 1. The Balaban J connectivity index is 2.60. The smallest absolute Gasteiger partial charge is 0.228 e. The molecule has 0 aromatic heterocycles.